The molecule has 0 saturated carbocycles. The first-order chi connectivity index (χ1) is 30.1. The molecule has 2 aromatic carbocycles. The summed E-state index contributed by atoms with van der Waals surface area (Å²) in [6, 6.07) is 3.10. The number of aliphatic carboxylic acids is 2. The van der Waals surface area contributed by atoms with Crippen LogP contribution in [0.4, 0.5) is 0 Å². The molecular weight excluding hydrogens is 864 g/mol. The second-order valence-electron chi connectivity index (χ2n) is 15.1. The molecule has 22 nitrogen and oxygen atoms in total. The summed E-state index contributed by atoms with van der Waals surface area (Å²) >= 11 is 5.83. The summed E-state index contributed by atoms with van der Waals surface area (Å²) in [5, 5.41) is 55.1. The molecule has 64 heavy (non-hydrogen) atoms. The van der Waals surface area contributed by atoms with Crippen LogP contribution in [0, 0.1) is 5.92 Å². The molecule has 0 bridgehead atoms. The van der Waals surface area contributed by atoms with Crippen molar-refractivity contribution in [2.45, 2.75) is 102 Å². The monoisotopic (exact) mass is 918 g/mol. The van der Waals surface area contributed by atoms with Crippen LogP contribution in [-0.2, 0) is 49.6 Å². The fourth-order valence-electron chi connectivity index (χ4n) is 5.83. The van der Waals surface area contributed by atoms with Crippen LogP contribution in [-0.4, -0.2) is 129 Å². The highest BCUT2D eigenvalue weighted by molar-refractivity contribution is 6.30. The highest BCUT2D eigenvalue weighted by atomic mass is 35.5. The summed E-state index contributed by atoms with van der Waals surface area (Å²) in [6.45, 7) is 3.02. The average molecular weight is 919 g/mol. The number of phenols is 1. The van der Waals surface area contributed by atoms with E-state index in [9.17, 15) is 63.3 Å². The number of halogens is 1. The zero-order valence-corrected chi connectivity index (χ0v) is 36.1. The first kappa shape index (κ1) is 53.3. The lowest BCUT2D eigenvalue weighted by Gasteiger charge is -2.27. The molecule has 0 spiro atoms. The van der Waals surface area contributed by atoms with Gasteiger partial charge in [-0.15, -0.1) is 0 Å². The van der Waals surface area contributed by atoms with Crippen LogP contribution < -0.4 is 43.0 Å². The van der Waals surface area contributed by atoms with Gasteiger partial charge in [0.1, 0.15) is 42.0 Å². The van der Waals surface area contributed by atoms with Crippen molar-refractivity contribution in [2.75, 3.05) is 13.2 Å². The van der Waals surface area contributed by atoms with Crippen LogP contribution >= 0.6 is 11.6 Å². The number of aliphatic hydroxyl groups excluding tert-OH is 1. The number of carboxylic acids is 2. The number of aliphatic hydroxyl groups is 1. The van der Waals surface area contributed by atoms with Gasteiger partial charge in [-0.25, -0.2) is 0 Å². The van der Waals surface area contributed by atoms with E-state index in [2.05, 4.69) is 37.2 Å². The van der Waals surface area contributed by atoms with Crippen LogP contribution in [0.25, 0.3) is 0 Å². The van der Waals surface area contributed by atoms with E-state index in [4.69, 9.17) is 22.4 Å². The molecular formula is C41H55ClN8O14. The molecule has 0 unspecified atom stereocenters. The lowest BCUT2D eigenvalue weighted by atomic mass is 10.00. The van der Waals surface area contributed by atoms with Gasteiger partial charge in [0.15, 0.2) is 0 Å². The molecule has 0 aliphatic carbocycles. The molecule has 0 saturated heterocycles. The summed E-state index contributed by atoms with van der Waals surface area (Å²) in [5.74, 6) is -10.3. The summed E-state index contributed by atoms with van der Waals surface area (Å²) in [7, 11) is 0. The molecule has 6 atom stereocenters. The van der Waals surface area contributed by atoms with Crippen LogP contribution in [0.1, 0.15) is 75.2 Å². The zero-order chi connectivity index (χ0) is 48.1. The Labute approximate surface area is 372 Å². The average Bonchev–Trinajstić information content (AvgIpc) is 3.23. The smallest absolute Gasteiger partial charge is 0.303 e. The van der Waals surface area contributed by atoms with E-state index in [-0.39, 0.29) is 42.9 Å². The van der Waals surface area contributed by atoms with Gasteiger partial charge < -0.3 is 63.4 Å². The largest absolute Gasteiger partial charge is 0.508 e. The van der Waals surface area contributed by atoms with E-state index in [1.165, 1.54) is 43.3 Å². The van der Waals surface area contributed by atoms with E-state index in [1.54, 1.807) is 26.0 Å². The Morgan fingerprint density at radius 2 is 1.09 bits per heavy atom. The number of hydrogen-bond acceptors (Lipinski definition) is 12. The van der Waals surface area contributed by atoms with Gasteiger partial charge in [0.25, 0.3) is 5.91 Å². The van der Waals surface area contributed by atoms with E-state index in [0.717, 1.165) is 0 Å². The minimum Gasteiger partial charge on any atom is -0.508 e. The maximum Gasteiger partial charge on any atom is 0.303 e. The highest BCUT2D eigenvalue weighted by Crippen LogP contribution is 2.14. The first-order valence-electron chi connectivity index (χ1n) is 20.1. The predicted octanol–water partition coefficient (Wildman–Crippen LogP) is -1.41. The van der Waals surface area contributed by atoms with E-state index >= 15 is 0 Å². The number of aromatic hydroxyl groups is 1. The number of benzene rings is 2. The number of nitrogens with one attached hydrogen (secondary N) is 7. The number of phenolic OH excluding ortho intramolecular Hbond substituents is 1. The molecule has 350 valence electrons. The molecule has 2 rings (SSSR count). The second kappa shape index (κ2) is 26.6. The normalized spacial score (nSPS) is 13.7. The van der Waals surface area contributed by atoms with E-state index in [1.807, 2.05) is 0 Å². The Bertz CT molecular complexity index is 1980. The van der Waals surface area contributed by atoms with Gasteiger partial charge in [-0.05, 0) is 86.9 Å². The molecule has 8 amide bonds. The van der Waals surface area contributed by atoms with Crippen molar-refractivity contribution in [3.63, 3.8) is 0 Å². The number of nitrogens with two attached hydrogens (primary N) is 1. The van der Waals surface area contributed by atoms with E-state index < -0.39 is 128 Å². The van der Waals surface area contributed by atoms with Crippen molar-refractivity contribution in [3.8, 4) is 5.75 Å². The lowest BCUT2D eigenvalue weighted by molar-refractivity contribution is -0.139. The van der Waals surface area contributed by atoms with Gasteiger partial charge in [0.2, 0.25) is 41.4 Å². The topological polar surface area (TPSA) is 362 Å². The molecule has 0 heterocycles. The number of rotatable bonds is 27. The van der Waals surface area contributed by atoms with Crippen LogP contribution in [0.5, 0.6) is 5.75 Å². The van der Waals surface area contributed by atoms with Gasteiger partial charge >= 0.3 is 11.9 Å². The molecule has 2 aromatic rings. The van der Waals surface area contributed by atoms with Crippen LogP contribution in [0.2, 0.25) is 5.02 Å². The van der Waals surface area contributed by atoms with Gasteiger partial charge in [0, 0.05) is 23.4 Å². The van der Waals surface area contributed by atoms with Gasteiger partial charge in [0.05, 0.1) is 13.2 Å². The summed E-state index contributed by atoms with van der Waals surface area (Å²) < 4.78 is 0. The van der Waals surface area contributed by atoms with Crippen molar-refractivity contribution in [1.29, 1.82) is 0 Å². The zero-order valence-electron chi connectivity index (χ0n) is 35.4. The van der Waals surface area contributed by atoms with Crippen molar-refractivity contribution >= 4 is 70.8 Å². The minimum absolute atomic E-state index is 0.0223. The Hall–Kier alpha value is -6.81. The number of amides is 8. The molecule has 0 aliphatic heterocycles. The van der Waals surface area contributed by atoms with Gasteiger partial charge in [-0.2, -0.15) is 0 Å². The van der Waals surface area contributed by atoms with Crippen LogP contribution in [0.15, 0.2) is 48.5 Å². The Balaban J connectivity index is 2.18. The van der Waals surface area contributed by atoms with Gasteiger partial charge in [-0.3, -0.25) is 47.9 Å². The van der Waals surface area contributed by atoms with Crippen molar-refractivity contribution in [3.05, 3.63) is 64.7 Å². The number of carbonyl (C=O) groups excluding carboxylic acids is 8. The predicted molar refractivity (Wildman–Crippen MR) is 227 cm³/mol. The molecule has 0 aliphatic rings. The van der Waals surface area contributed by atoms with Crippen LogP contribution in [0.3, 0.4) is 0 Å². The summed E-state index contributed by atoms with van der Waals surface area (Å²) in [4.78, 5) is 127. The Kier molecular flexibility index (Phi) is 22.2. The number of aryl methyl sites for hydroxylation is 1. The number of carbonyl (C=O) groups is 10. The van der Waals surface area contributed by atoms with Crippen molar-refractivity contribution in [2.24, 2.45) is 11.7 Å². The molecule has 0 aromatic heterocycles. The summed E-state index contributed by atoms with van der Waals surface area (Å²) in [5.41, 5.74) is 6.25. The molecule has 23 heteroatoms. The molecule has 0 fully saturated rings. The first-order valence-corrected chi connectivity index (χ1v) is 20.4. The number of hydrogen-bond donors (Lipinski definition) is 12. The highest BCUT2D eigenvalue weighted by Gasteiger charge is 2.33. The maximum absolute atomic E-state index is 13.8. The fraction of sp³-hybridized carbons (Fsp3) is 0.463. The SMILES string of the molecule is CC(C)C[C@H](NC(=O)[C@H](CO)NC(=O)[C@H](CCC(=O)O)NC(=O)CNC(=O)[C@H](C)NC(=O)c1ccc(Cl)cc1)C(=O)N[C@@H](CCc1ccc(O)cc1)C(=O)N[C@@H](CCC(=O)O)C(N)=O. The third kappa shape index (κ3) is 19.5. The minimum atomic E-state index is -1.76. The van der Waals surface area contributed by atoms with E-state index in [0.29, 0.717) is 10.6 Å². The van der Waals surface area contributed by atoms with Crippen molar-refractivity contribution < 1.29 is 68.4 Å². The number of carboxylic acid groups (broad SMARTS) is 2. The second-order valence-corrected chi connectivity index (χ2v) is 15.5. The third-order valence-electron chi connectivity index (χ3n) is 9.32. The molecule has 0 radical (unpaired) electrons. The maximum atomic E-state index is 13.8. The Morgan fingerprint density at radius 1 is 0.609 bits per heavy atom. The lowest BCUT2D eigenvalue weighted by Crippen LogP contribution is -2.60. The Morgan fingerprint density at radius 3 is 1.62 bits per heavy atom. The quantitative estimate of drug-likeness (QED) is 0.0490. The van der Waals surface area contributed by atoms with Gasteiger partial charge in [-0.1, -0.05) is 37.6 Å². The third-order valence-corrected chi connectivity index (χ3v) is 9.57. The summed E-state index contributed by atoms with van der Waals surface area (Å²) in [6.07, 6.45) is -1.95. The fourth-order valence-corrected chi connectivity index (χ4v) is 5.96. The molecule has 13 N–H and O–H groups in total. The number of primary amides is 1. The van der Waals surface area contributed by atoms with Crippen molar-refractivity contribution in [1.82, 2.24) is 37.2 Å². The standard InChI is InChI=1S/C41H55ClN8O14/c1-21(2)18-30(40(63)48-29(13-6-23-4-11-26(52)12-5-23)39(62)47-27(35(43)58)14-16-33(54)55)49-41(64)31(20-51)50-38(61)28(15-17-34(56)57)46-32(53)19-44-36(59)22(3)45-37(60)24-7-9-25(42)10-8-24/h4-5,7-12,21-22,27-31,51-52H,6,13-20H2,1-3H3,(H2,43,58)(H,44,59)(H,45,60)(H,46,53)(H,47,62)(H,48,63)(H,49,64)(H,50,61)(H,54,55)(H,56,57)/t22-,27-,28-,29-,30-,31-/m0/s1.